The number of rotatable bonds is 2. The molecule has 0 N–H and O–H groups in total. The SMILES string of the molecule is CC(C)(C)OCC(=O)N1CCCC(C(C)(C)C)C1. The minimum absolute atomic E-state index is 0.138. The predicted octanol–water partition coefficient (Wildman–Crippen LogP) is 3.09. The summed E-state index contributed by atoms with van der Waals surface area (Å²) in [4.78, 5) is 14.1. The first kappa shape index (κ1) is 15.5. The highest BCUT2D eigenvalue weighted by Crippen LogP contribution is 2.33. The van der Waals surface area contributed by atoms with E-state index >= 15 is 0 Å². The second kappa shape index (κ2) is 5.60. The molecule has 0 aromatic rings. The molecule has 0 spiro atoms. The van der Waals surface area contributed by atoms with Crippen LogP contribution in [0.4, 0.5) is 0 Å². The summed E-state index contributed by atoms with van der Waals surface area (Å²) >= 11 is 0. The van der Waals surface area contributed by atoms with E-state index in [1.165, 1.54) is 6.42 Å². The number of nitrogens with zero attached hydrogens (tertiary/aromatic N) is 1. The van der Waals surface area contributed by atoms with Gasteiger partial charge in [0.05, 0.1) is 5.60 Å². The Morgan fingerprint density at radius 1 is 1.22 bits per heavy atom. The van der Waals surface area contributed by atoms with E-state index in [1.807, 2.05) is 25.7 Å². The van der Waals surface area contributed by atoms with Gasteiger partial charge in [-0.15, -0.1) is 0 Å². The number of piperidine rings is 1. The van der Waals surface area contributed by atoms with E-state index in [0.717, 1.165) is 19.5 Å². The highest BCUT2D eigenvalue weighted by atomic mass is 16.5. The van der Waals surface area contributed by atoms with Gasteiger partial charge in [-0.25, -0.2) is 0 Å². The molecule has 0 saturated carbocycles. The van der Waals surface area contributed by atoms with Crippen LogP contribution in [0.15, 0.2) is 0 Å². The van der Waals surface area contributed by atoms with Crippen molar-refractivity contribution < 1.29 is 9.53 Å². The number of hydrogen-bond donors (Lipinski definition) is 0. The van der Waals surface area contributed by atoms with Crippen molar-refractivity contribution in [1.29, 1.82) is 0 Å². The molecule has 106 valence electrons. The first-order valence-corrected chi connectivity index (χ1v) is 7.01. The molecular formula is C15H29NO2. The Morgan fingerprint density at radius 2 is 1.83 bits per heavy atom. The molecule has 0 bridgehead atoms. The summed E-state index contributed by atoms with van der Waals surface area (Å²) in [6.45, 7) is 14.7. The van der Waals surface area contributed by atoms with Crippen LogP contribution in [0.1, 0.15) is 54.4 Å². The van der Waals surface area contributed by atoms with Gasteiger partial charge in [-0.05, 0) is 44.9 Å². The second-order valence-corrected chi connectivity index (χ2v) is 7.45. The average Bonchev–Trinajstić information content (AvgIpc) is 2.24. The van der Waals surface area contributed by atoms with Gasteiger partial charge in [0.15, 0.2) is 0 Å². The Kier molecular flexibility index (Phi) is 4.82. The number of likely N-dealkylation sites (tertiary alicyclic amines) is 1. The van der Waals surface area contributed by atoms with Crippen LogP contribution in [0.25, 0.3) is 0 Å². The lowest BCUT2D eigenvalue weighted by molar-refractivity contribution is -0.143. The van der Waals surface area contributed by atoms with Crippen LogP contribution < -0.4 is 0 Å². The molecule has 1 saturated heterocycles. The average molecular weight is 255 g/mol. The summed E-state index contributed by atoms with van der Waals surface area (Å²) in [6, 6.07) is 0. The number of carbonyl (C=O) groups is 1. The molecule has 1 aliphatic heterocycles. The van der Waals surface area contributed by atoms with Crippen LogP contribution in [0.2, 0.25) is 0 Å². The highest BCUT2D eigenvalue weighted by Gasteiger charge is 2.31. The maximum absolute atomic E-state index is 12.1. The Balaban J connectivity index is 2.49. The summed E-state index contributed by atoms with van der Waals surface area (Å²) in [5.74, 6) is 0.740. The molecule has 0 aromatic carbocycles. The van der Waals surface area contributed by atoms with E-state index in [9.17, 15) is 4.79 Å². The third kappa shape index (κ3) is 4.97. The summed E-state index contributed by atoms with van der Waals surface area (Å²) in [7, 11) is 0. The van der Waals surface area contributed by atoms with Crippen molar-refractivity contribution in [2.24, 2.45) is 11.3 Å². The number of amides is 1. The van der Waals surface area contributed by atoms with Crippen molar-refractivity contribution in [2.75, 3.05) is 19.7 Å². The van der Waals surface area contributed by atoms with Gasteiger partial charge in [-0.2, -0.15) is 0 Å². The van der Waals surface area contributed by atoms with E-state index in [0.29, 0.717) is 5.92 Å². The minimum Gasteiger partial charge on any atom is -0.366 e. The fourth-order valence-corrected chi connectivity index (χ4v) is 2.28. The van der Waals surface area contributed by atoms with Crippen LogP contribution >= 0.6 is 0 Å². The molecule has 1 amide bonds. The van der Waals surface area contributed by atoms with Crippen molar-refractivity contribution in [1.82, 2.24) is 4.90 Å². The zero-order valence-electron chi connectivity index (χ0n) is 12.9. The van der Waals surface area contributed by atoms with E-state index in [-0.39, 0.29) is 23.5 Å². The molecular weight excluding hydrogens is 226 g/mol. The van der Waals surface area contributed by atoms with Crippen LogP contribution in [-0.2, 0) is 9.53 Å². The third-order valence-electron chi connectivity index (χ3n) is 3.63. The lowest BCUT2D eigenvalue weighted by Gasteiger charge is -2.40. The third-order valence-corrected chi connectivity index (χ3v) is 3.63. The molecule has 3 heteroatoms. The summed E-state index contributed by atoms with van der Waals surface area (Å²) in [6.07, 6.45) is 2.34. The molecule has 1 unspecified atom stereocenters. The molecule has 0 aliphatic carbocycles. The van der Waals surface area contributed by atoms with Gasteiger partial charge >= 0.3 is 0 Å². The topological polar surface area (TPSA) is 29.5 Å². The zero-order valence-corrected chi connectivity index (χ0v) is 12.9. The van der Waals surface area contributed by atoms with Crippen LogP contribution in [-0.4, -0.2) is 36.1 Å². The highest BCUT2D eigenvalue weighted by molar-refractivity contribution is 5.77. The molecule has 1 rings (SSSR count). The normalized spacial score (nSPS) is 22.1. The van der Waals surface area contributed by atoms with E-state index in [2.05, 4.69) is 20.8 Å². The molecule has 1 heterocycles. The standard InChI is InChI=1S/C15H29NO2/c1-14(2,3)12-8-7-9-16(10-12)13(17)11-18-15(4,5)6/h12H,7-11H2,1-6H3. The first-order chi connectivity index (χ1) is 8.09. The molecule has 3 nitrogen and oxygen atoms in total. The minimum atomic E-state index is -0.241. The Hall–Kier alpha value is -0.570. The molecule has 1 aliphatic rings. The van der Waals surface area contributed by atoms with Crippen molar-refractivity contribution in [2.45, 2.75) is 60.0 Å². The van der Waals surface area contributed by atoms with Crippen molar-refractivity contribution in [3.05, 3.63) is 0 Å². The van der Waals surface area contributed by atoms with Gasteiger partial charge in [0.2, 0.25) is 5.91 Å². The maximum Gasteiger partial charge on any atom is 0.248 e. The fraction of sp³-hybridized carbons (Fsp3) is 0.933. The quantitative estimate of drug-likeness (QED) is 0.759. The maximum atomic E-state index is 12.1. The van der Waals surface area contributed by atoms with Gasteiger partial charge in [0.1, 0.15) is 6.61 Å². The van der Waals surface area contributed by atoms with Gasteiger partial charge in [-0.3, -0.25) is 4.79 Å². The summed E-state index contributed by atoms with van der Waals surface area (Å²) < 4.78 is 5.57. The number of hydrogen-bond acceptors (Lipinski definition) is 2. The molecule has 1 atom stereocenters. The van der Waals surface area contributed by atoms with Crippen molar-refractivity contribution in [3.63, 3.8) is 0 Å². The Morgan fingerprint density at radius 3 is 2.33 bits per heavy atom. The van der Waals surface area contributed by atoms with Crippen LogP contribution in [0, 0.1) is 11.3 Å². The fourth-order valence-electron chi connectivity index (χ4n) is 2.28. The Bertz CT molecular complexity index is 286. The smallest absolute Gasteiger partial charge is 0.248 e. The second-order valence-electron chi connectivity index (χ2n) is 7.45. The molecule has 0 aromatic heterocycles. The van der Waals surface area contributed by atoms with E-state index in [1.54, 1.807) is 0 Å². The van der Waals surface area contributed by atoms with E-state index in [4.69, 9.17) is 4.74 Å². The largest absolute Gasteiger partial charge is 0.366 e. The summed E-state index contributed by atoms with van der Waals surface area (Å²) in [5, 5.41) is 0. The number of ether oxygens (including phenoxy) is 1. The van der Waals surface area contributed by atoms with Crippen LogP contribution in [0.3, 0.4) is 0 Å². The van der Waals surface area contributed by atoms with Gasteiger partial charge < -0.3 is 9.64 Å². The van der Waals surface area contributed by atoms with Crippen molar-refractivity contribution in [3.8, 4) is 0 Å². The molecule has 1 fully saturated rings. The van der Waals surface area contributed by atoms with Crippen molar-refractivity contribution >= 4 is 5.91 Å². The zero-order chi connectivity index (χ0) is 14.0. The van der Waals surface area contributed by atoms with Gasteiger partial charge in [0.25, 0.3) is 0 Å². The lowest BCUT2D eigenvalue weighted by atomic mass is 9.76. The lowest BCUT2D eigenvalue weighted by Crippen LogP contribution is -2.45. The molecule has 0 radical (unpaired) electrons. The summed E-state index contributed by atoms with van der Waals surface area (Å²) in [5.41, 5.74) is 0.0404. The van der Waals surface area contributed by atoms with E-state index < -0.39 is 0 Å². The first-order valence-electron chi connectivity index (χ1n) is 7.01. The number of carbonyl (C=O) groups excluding carboxylic acids is 1. The predicted molar refractivity (Wildman–Crippen MR) is 74.5 cm³/mol. The van der Waals surface area contributed by atoms with Gasteiger partial charge in [-0.1, -0.05) is 20.8 Å². The monoisotopic (exact) mass is 255 g/mol. The molecule has 18 heavy (non-hydrogen) atoms. The van der Waals surface area contributed by atoms with Gasteiger partial charge in [0, 0.05) is 13.1 Å². The Labute approximate surface area is 112 Å². The van der Waals surface area contributed by atoms with Crippen LogP contribution in [0.5, 0.6) is 0 Å².